The lowest BCUT2D eigenvalue weighted by atomic mass is 9.95. The summed E-state index contributed by atoms with van der Waals surface area (Å²) in [6.07, 6.45) is 1.51. The molecule has 0 radical (unpaired) electrons. The number of aromatic nitrogens is 1. The van der Waals surface area contributed by atoms with Gasteiger partial charge in [-0.25, -0.2) is 4.98 Å². The van der Waals surface area contributed by atoms with Crippen molar-refractivity contribution in [1.29, 1.82) is 0 Å². The molecule has 0 fully saturated rings. The molecule has 2 heteroatoms. The lowest BCUT2D eigenvalue weighted by Gasteiger charge is -2.09. The van der Waals surface area contributed by atoms with Crippen molar-refractivity contribution in [3.63, 3.8) is 0 Å². The second-order valence-electron chi connectivity index (χ2n) is 7.31. The molecule has 136 valence electrons. The molecule has 5 aromatic carbocycles. The molecule has 0 aliphatic heterocycles. The highest BCUT2D eigenvalue weighted by molar-refractivity contribution is 6.09. The summed E-state index contributed by atoms with van der Waals surface area (Å²) in [5.41, 5.74) is 6.41. The van der Waals surface area contributed by atoms with Gasteiger partial charge in [-0.3, -0.25) is 0 Å². The fourth-order valence-corrected chi connectivity index (χ4v) is 4.16. The molecule has 0 spiro atoms. The molecule has 6 rings (SSSR count). The minimum atomic E-state index is 0.833. The first-order valence-electron chi connectivity index (χ1n) is 9.71. The Bertz CT molecular complexity index is 1500. The lowest BCUT2D eigenvalue weighted by Crippen LogP contribution is -1.83. The van der Waals surface area contributed by atoms with Gasteiger partial charge >= 0.3 is 0 Å². The summed E-state index contributed by atoms with van der Waals surface area (Å²) < 4.78 is 5.63. The van der Waals surface area contributed by atoms with Crippen molar-refractivity contribution in [2.24, 2.45) is 0 Å². The second-order valence-corrected chi connectivity index (χ2v) is 7.31. The number of hydrogen-bond acceptors (Lipinski definition) is 2. The highest BCUT2D eigenvalue weighted by Crippen LogP contribution is 2.34. The first kappa shape index (κ1) is 16.1. The maximum Gasteiger partial charge on any atom is 0.182 e. The average Bonchev–Trinajstić information content (AvgIpc) is 3.28. The van der Waals surface area contributed by atoms with E-state index in [4.69, 9.17) is 4.42 Å². The summed E-state index contributed by atoms with van der Waals surface area (Å²) in [6, 6.07) is 34.3. The Kier molecular flexibility index (Phi) is 3.50. The normalized spacial score (nSPS) is 11.4. The van der Waals surface area contributed by atoms with Gasteiger partial charge in [-0.05, 0) is 56.4 Å². The van der Waals surface area contributed by atoms with E-state index >= 15 is 0 Å². The van der Waals surface area contributed by atoms with Crippen molar-refractivity contribution in [1.82, 2.24) is 4.98 Å². The van der Waals surface area contributed by atoms with Crippen LogP contribution in [0.2, 0.25) is 0 Å². The summed E-state index contributed by atoms with van der Waals surface area (Å²) in [7, 11) is 0. The highest BCUT2D eigenvalue weighted by Gasteiger charge is 2.09. The number of oxazole rings is 1. The number of hydrogen-bond donors (Lipinski definition) is 0. The number of benzene rings is 5. The Morgan fingerprint density at radius 3 is 2.07 bits per heavy atom. The van der Waals surface area contributed by atoms with Crippen LogP contribution >= 0.6 is 0 Å². The first-order chi connectivity index (χ1) is 14.4. The average molecular weight is 371 g/mol. The van der Waals surface area contributed by atoms with Gasteiger partial charge in [-0.15, -0.1) is 0 Å². The summed E-state index contributed by atoms with van der Waals surface area (Å²) >= 11 is 0. The quantitative estimate of drug-likeness (QED) is 0.295. The van der Waals surface area contributed by atoms with E-state index in [1.54, 1.807) is 0 Å². The third-order valence-corrected chi connectivity index (χ3v) is 5.61. The molecule has 0 atom stereocenters. The maximum atomic E-state index is 5.63. The van der Waals surface area contributed by atoms with Crippen molar-refractivity contribution >= 4 is 32.6 Å². The molecule has 29 heavy (non-hydrogen) atoms. The van der Waals surface area contributed by atoms with E-state index in [0.29, 0.717) is 0 Å². The van der Waals surface area contributed by atoms with Crippen molar-refractivity contribution in [3.8, 4) is 22.3 Å². The van der Waals surface area contributed by atoms with Crippen molar-refractivity contribution in [2.45, 2.75) is 0 Å². The molecule has 0 amide bonds. The molecule has 0 bridgehead atoms. The number of rotatable bonds is 2. The number of fused-ring (bicyclic) bond motifs is 4. The molecule has 0 unspecified atom stereocenters. The van der Waals surface area contributed by atoms with Crippen LogP contribution in [0.15, 0.2) is 108 Å². The van der Waals surface area contributed by atoms with Gasteiger partial charge in [-0.2, -0.15) is 0 Å². The Hall–Kier alpha value is -3.91. The van der Waals surface area contributed by atoms with Crippen molar-refractivity contribution in [3.05, 3.63) is 103 Å². The van der Waals surface area contributed by atoms with Gasteiger partial charge in [0.15, 0.2) is 12.0 Å². The number of nitrogens with zero attached hydrogens (tertiary/aromatic N) is 1. The van der Waals surface area contributed by atoms with Gasteiger partial charge in [0.2, 0.25) is 0 Å². The molecule has 2 nitrogen and oxygen atoms in total. The van der Waals surface area contributed by atoms with Crippen LogP contribution in [0, 0.1) is 0 Å². The van der Waals surface area contributed by atoms with Gasteiger partial charge in [0.1, 0.15) is 5.52 Å². The Labute approximate surface area is 168 Å². The maximum absolute atomic E-state index is 5.63. The van der Waals surface area contributed by atoms with Crippen LogP contribution in [0.3, 0.4) is 0 Å². The van der Waals surface area contributed by atoms with Crippen LogP contribution in [0.1, 0.15) is 0 Å². The molecule has 1 aromatic heterocycles. The van der Waals surface area contributed by atoms with Gasteiger partial charge in [0.25, 0.3) is 0 Å². The molecule has 1 heterocycles. The predicted octanol–water partition coefficient (Wildman–Crippen LogP) is 7.47. The minimum absolute atomic E-state index is 0.833. The molecule has 0 aliphatic rings. The lowest BCUT2D eigenvalue weighted by molar-refractivity contribution is 0.603. The molecule has 0 N–H and O–H groups in total. The molecule has 6 aromatic rings. The molecule has 0 aliphatic carbocycles. The third kappa shape index (κ3) is 2.61. The zero-order chi connectivity index (χ0) is 19.2. The fraction of sp³-hybridized carbons (Fsp3) is 0. The topological polar surface area (TPSA) is 26.0 Å². The van der Waals surface area contributed by atoms with E-state index in [2.05, 4.69) is 89.9 Å². The van der Waals surface area contributed by atoms with Crippen molar-refractivity contribution < 1.29 is 4.42 Å². The van der Waals surface area contributed by atoms with Crippen LogP contribution in [0.25, 0.3) is 54.9 Å². The summed E-state index contributed by atoms with van der Waals surface area (Å²) in [4.78, 5) is 4.27. The molecule has 0 saturated carbocycles. The van der Waals surface area contributed by atoms with Crippen LogP contribution in [-0.4, -0.2) is 4.98 Å². The number of para-hydroxylation sites is 1. The summed E-state index contributed by atoms with van der Waals surface area (Å²) in [6.45, 7) is 0. The predicted molar refractivity (Wildman–Crippen MR) is 120 cm³/mol. The summed E-state index contributed by atoms with van der Waals surface area (Å²) in [5.74, 6) is 0. The molecule has 0 saturated heterocycles. The largest absolute Gasteiger partial charge is 0.443 e. The van der Waals surface area contributed by atoms with Crippen molar-refractivity contribution in [2.75, 3.05) is 0 Å². The first-order valence-corrected chi connectivity index (χ1v) is 9.71. The van der Waals surface area contributed by atoms with Crippen LogP contribution in [0.4, 0.5) is 0 Å². The van der Waals surface area contributed by atoms with Crippen LogP contribution < -0.4 is 0 Å². The smallest absolute Gasteiger partial charge is 0.182 e. The highest BCUT2D eigenvalue weighted by atomic mass is 16.3. The van der Waals surface area contributed by atoms with Crippen LogP contribution in [-0.2, 0) is 0 Å². The van der Waals surface area contributed by atoms with Gasteiger partial charge in [0.05, 0.1) is 0 Å². The Morgan fingerprint density at radius 2 is 1.28 bits per heavy atom. The van der Waals surface area contributed by atoms with E-state index in [9.17, 15) is 0 Å². The minimum Gasteiger partial charge on any atom is -0.443 e. The van der Waals surface area contributed by atoms with E-state index in [1.807, 2.05) is 12.1 Å². The second kappa shape index (κ2) is 6.32. The van der Waals surface area contributed by atoms with E-state index in [0.717, 1.165) is 22.2 Å². The molecular weight excluding hydrogens is 354 g/mol. The van der Waals surface area contributed by atoms with Gasteiger partial charge in [0, 0.05) is 5.56 Å². The SMILES string of the molecule is c1ccc(-c2ccc3c(ccc4cc(-c5cccc6ncoc56)ccc43)c2)cc1. The summed E-state index contributed by atoms with van der Waals surface area (Å²) in [5, 5.41) is 5.00. The van der Waals surface area contributed by atoms with Crippen LogP contribution in [0.5, 0.6) is 0 Å². The van der Waals surface area contributed by atoms with Gasteiger partial charge < -0.3 is 4.42 Å². The Balaban J connectivity index is 1.52. The van der Waals surface area contributed by atoms with Gasteiger partial charge in [-0.1, -0.05) is 78.9 Å². The third-order valence-electron chi connectivity index (χ3n) is 5.61. The van der Waals surface area contributed by atoms with E-state index < -0.39 is 0 Å². The van der Waals surface area contributed by atoms with E-state index in [-0.39, 0.29) is 0 Å². The zero-order valence-electron chi connectivity index (χ0n) is 15.7. The standard InChI is InChI=1S/C27H17NO/c1-2-5-18(6-3-1)19-11-13-23-20(15-19)9-10-21-16-22(12-14-24(21)23)25-7-4-8-26-27(25)29-17-28-26/h1-17H. The molecular formula is C27H17NO. The fourth-order valence-electron chi connectivity index (χ4n) is 4.16. The monoisotopic (exact) mass is 371 g/mol. The zero-order valence-corrected chi connectivity index (χ0v) is 15.7. The van der Waals surface area contributed by atoms with E-state index in [1.165, 1.54) is 39.1 Å². The Morgan fingerprint density at radius 1 is 0.552 bits per heavy atom.